The second-order valence-electron chi connectivity index (χ2n) is 31.2. The number of fused-ring (bicyclic) bond motifs is 1. The van der Waals surface area contributed by atoms with Crippen molar-refractivity contribution in [1.29, 1.82) is 0 Å². The van der Waals surface area contributed by atoms with Gasteiger partial charge in [0.2, 0.25) is 82.7 Å². The fourth-order valence-electron chi connectivity index (χ4n) is 13.7. The number of aromatic hydroxyl groups is 1. The summed E-state index contributed by atoms with van der Waals surface area (Å²) >= 11 is 0. The number of nitrogens with two attached hydrogens (primary N) is 8. The van der Waals surface area contributed by atoms with Crippen molar-refractivity contribution < 1.29 is 112 Å². The lowest BCUT2D eigenvalue weighted by Crippen LogP contribution is -2.65. The molecule has 0 bridgehead atoms. The Morgan fingerprint density at radius 1 is 0.613 bits per heavy atom. The van der Waals surface area contributed by atoms with Crippen molar-refractivity contribution in [1.82, 2.24) is 57.7 Å². The molecule has 2 aliphatic rings. The van der Waals surface area contributed by atoms with Gasteiger partial charge in [0.1, 0.15) is 84.5 Å². The number of cyclic esters (lactones) is 1. The molecule has 0 aromatic heterocycles. The van der Waals surface area contributed by atoms with E-state index in [1.807, 2.05) is 13.8 Å². The van der Waals surface area contributed by atoms with Crippen LogP contribution >= 0.6 is 0 Å². The minimum atomic E-state index is -2.71. The van der Waals surface area contributed by atoms with Gasteiger partial charge in [0, 0.05) is 46.1 Å². The van der Waals surface area contributed by atoms with Crippen LogP contribution in [0.4, 0.5) is 0 Å². The monoisotopic (exact) mass is 1690 g/mol. The molecule has 1 aromatic rings. The highest BCUT2D eigenvalue weighted by molar-refractivity contribution is 6.01. The average molecular weight is 1690 g/mol. The lowest BCUT2D eigenvalue weighted by Gasteiger charge is -2.38. The first-order valence-electron chi connectivity index (χ1n) is 39.3. The molecule has 0 radical (unpaired) electrons. The topological polar surface area (TPSA) is 740 Å². The molecule has 44 nitrogen and oxygen atoms in total. The smallest absolute Gasteiger partial charge is 0.329 e. The zero-order chi connectivity index (χ0) is 90.3. The number of piperidine rings is 1. The molecule has 15 amide bonds. The van der Waals surface area contributed by atoms with Gasteiger partial charge in [-0.05, 0) is 119 Å². The molecule has 2 aliphatic heterocycles. The fraction of sp³-hybridized carbons (Fsp3) is 0.680. The number of esters is 1. The number of methoxy groups -OCH3 is 1. The molecule has 30 N–H and O–H groups in total. The Morgan fingerprint density at radius 2 is 1.19 bits per heavy atom. The number of benzene rings is 1. The highest BCUT2D eigenvalue weighted by Crippen LogP contribution is 2.28. The van der Waals surface area contributed by atoms with E-state index in [0.29, 0.717) is 6.42 Å². The number of phenolic OH excluding ortho intramolecular Hbond substituents is 1. The molecule has 8 unspecified atom stereocenters. The van der Waals surface area contributed by atoms with Crippen LogP contribution < -0.4 is 93.7 Å². The van der Waals surface area contributed by atoms with Gasteiger partial charge in [-0.15, -0.1) is 0 Å². The number of guanidine groups is 2. The van der Waals surface area contributed by atoms with Gasteiger partial charge in [-0.25, -0.2) is 4.79 Å². The molecule has 0 aliphatic carbocycles. The fourth-order valence-corrected chi connectivity index (χ4v) is 13.7. The summed E-state index contributed by atoms with van der Waals surface area (Å²) in [6.07, 6.45) is -15.5. The van der Waals surface area contributed by atoms with Crippen molar-refractivity contribution in [3.63, 3.8) is 0 Å². The van der Waals surface area contributed by atoms with Gasteiger partial charge < -0.3 is 139 Å². The second kappa shape index (κ2) is 48.7. The third-order valence-corrected chi connectivity index (χ3v) is 20.6. The van der Waals surface area contributed by atoms with Crippen molar-refractivity contribution in [2.45, 2.75) is 256 Å². The first kappa shape index (κ1) is 102. The molecule has 119 heavy (non-hydrogen) atoms. The van der Waals surface area contributed by atoms with Crippen LogP contribution in [0.25, 0.3) is 0 Å². The molecule has 2 heterocycles. The second-order valence-corrected chi connectivity index (χ2v) is 31.2. The Bertz CT molecular complexity index is 3750. The van der Waals surface area contributed by atoms with Crippen molar-refractivity contribution in [2.75, 3.05) is 33.8 Å². The van der Waals surface area contributed by atoms with Gasteiger partial charge in [0.15, 0.2) is 18.0 Å². The molecule has 2 saturated heterocycles. The quantitative estimate of drug-likeness (QED) is 0.0127. The molecule has 3 rings (SSSR count). The number of aliphatic hydroxyl groups excluding tert-OH is 4. The number of nitrogens with zero attached hydrogens (tertiary/aromatic N) is 4. The summed E-state index contributed by atoms with van der Waals surface area (Å²) in [6.45, 7) is 14.0. The number of nitrogens with one attached hydrogen (secondary N) is 9. The summed E-state index contributed by atoms with van der Waals surface area (Å²) in [7, 11) is 2.25. The molecule has 0 saturated carbocycles. The maximum absolute atomic E-state index is 15.4. The highest BCUT2D eigenvalue weighted by atomic mass is 16.5. The van der Waals surface area contributed by atoms with E-state index in [1.165, 1.54) is 45.0 Å². The third-order valence-electron chi connectivity index (χ3n) is 20.6. The van der Waals surface area contributed by atoms with Gasteiger partial charge in [-0.3, -0.25) is 81.9 Å². The predicted octanol–water partition coefficient (Wildman–Crippen LogP) is -7.69. The number of ether oxygens (including phenoxy) is 2. The van der Waals surface area contributed by atoms with Crippen molar-refractivity contribution in [2.24, 2.45) is 91.4 Å². The number of aliphatic hydroxyl groups is 4. The number of aliphatic imine (C=N–C) groups is 2. The maximum atomic E-state index is 15.4. The number of rotatable bonds is 38. The van der Waals surface area contributed by atoms with E-state index in [9.17, 15) is 68.7 Å². The first-order chi connectivity index (χ1) is 55.5. The third kappa shape index (κ3) is 32.3. The Kier molecular flexibility index (Phi) is 41.8. The molecule has 44 heteroatoms. The largest absolute Gasteiger partial charge is 0.508 e. The SMILES string of the molecule is COC(c1ccc(O)cc1)C1NC(=O)[C@H](CCC(N)=O)N(C)C(=O)[C@H](CC(C)C)NC(=O)[C@H](CCCN=C(N)N)NC(=O)C([C@H](C)O)NC(=O)[C@@H](NC(=O)[C@@H](NC(=O)C(O)C(O)[C@H](CCCN=C(N)N)NC(=O)[C@H](CC(N)=O)NC(=O)C(C)C(O)C(C)CC(C)C)[C@@H](C)[C@@H](C)C(N)=O)[C@H](C)OC(=O)[C@@H]2CCCCN2C(=O)[C@H](CC(N)=O)NC1=O. The number of hydrogen-bond acceptors (Lipinski definition) is 25. The van der Waals surface area contributed by atoms with Gasteiger partial charge in [0.25, 0.3) is 5.91 Å². The molecule has 1 aromatic carbocycles. The minimum absolute atomic E-state index is 0.0999. The average Bonchev–Trinajstić information content (AvgIpc) is 0.995. The minimum Gasteiger partial charge on any atom is -0.508 e. The van der Waals surface area contributed by atoms with Crippen molar-refractivity contribution in [3.05, 3.63) is 29.8 Å². The van der Waals surface area contributed by atoms with Crippen LogP contribution in [0.2, 0.25) is 0 Å². The number of carbonyl (C=O) groups excluding carboxylic acids is 16. The zero-order valence-corrected chi connectivity index (χ0v) is 69.4. The molecule has 668 valence electrons. The Balaban J connectivity index is 2.43. The van der Waals surface area contributed by atoms with E-state index in [1.54, 1.807) is 20.8 Å². The number of primary amides is 4. The predicted molar refractivity (Wildman–Crippen MR) is 427 cm³/mol. The standard InChI is InChI=1S/C75H125N21O23/c1-33(2)29-35(5)57(102)38(8)62(106)88-45(31-51(77)100)64(108)86-43(17-15-26-84-74(80)81)58(103)59(104)70(114)91-53(36(6)37(7)61(79)105)66(110)93-55-40(10)119-73(117)49-19-13-14-28-96(49)72(116)47(32-52(78)101)90-69(113)56(60(118-12)41-20-22-42(98)23-21-41)94-65(109)48(24-25-50(76)99)95(11)71(115)46(30-34(3)4)89-63(107)44(18-16-27-85-75(82)83)87-67(111)54(39(9)97)92-68(55)112/h20-23,33-40,43-49,53-60,97-98,102-104H,13-19,24-32H2,1-12H3,(H2,76,99)(H2,77,100)(H2,78,101)(H2,79,105)(H,86,108)(H,87,111)(H,88,106)(H,89,107)(H,90,113)(H,91,114)(H,92,112)(H,93,110)(H,94,109)(H4,80,81,84)(H4,82,83,85)/t35?,36-,37+,38?,39-,40-,43-,44-,45-,46-,47-,48-,49-,53-,54?,55-,56?,57?,58?,59?,60?/m0/s1. The lowest BCUT2D eigenvalue weighted by atomic mass is 9.87. The molecular formula is C75H125N21O23. The number of hydrogen-bond donors (Lipinski definition) is 22. The normalized spacial score (nSPS) is 23.3. The van der Waals surface area contributed by atoms with Crippen molar-refractivity contribution in [3.8, 4) is 5.75 Å². The summed E-state index contributed by atoms with van der Waals surface area (Å²) in [6, 6.07) is -16.1. The highest BCUT2D eigenvalue weighted by Gasteiger charge is 2.47. The Morgan fingerprint density at radius 3 is 1.74 bits per heavy atom. The maximum Gasteiger partial charge on any atom is 0.329 e. The van der Waals surface area contributed by atoms with E-state index in [2.05, 4.69) is 57.8 Å². The van der Waals surface area contributed by atoms with Crippen LogP contribution in [-0.2, 0) is 86.2 Å². The molecular weight excluding hydrogens is 1560 g/mol. The summed E-state index contributed by atoms with van der Waals surface area (Å²) in [5.74, 6) is -25.4. The summed E-state index contributed by atoms with van der Waals surface area (Å²) in [4.78, 5) is 239. The summed E-state index contributed by atoms with van der Waals surface area (Å²) < 4.78 is 11.8. The van der Waals surface area contributed by atoms with Crippen LogP contribution in [0.3, 0.4) is 0 Å². The van der Waals surface area contributed by atoms with Crippen LogP contribution in [-0.4, -0.2) is 273 Å². The molecule has 21 atom stereocenters. The van der Waals surface area contributed by atoms with Crippen LogP contribution in [0.15, 0.2) is 34.3 Å². The lowest BCUT2D eigenvalue weighted by molar-refractivity contribution is -0.164. The van der Waals surface area contributed by atoms with Gasteiger partial charge in [0.05, 0.1) is 37.0 Å². The van der Waals surface area contributed by atoms with Gasteiger partial charge >= 0.3 is 5.97 Å². The summed E-state index contributed by atoms with van der Waals surface area (Å²) in [5, 5.41) is 78.3. The number of likely N-dealkylation sites (N-methyl/N-ethyl adjacent to an activating group) is 1. The number of carbonyl (C=O) groups is 16. The Labute approximate surface area is 689 Å². The summed E-state index contributed by atoms with van der Waals surface area (Å²) in [5.41, 5.74) is 45.0. The van der Waals surface area contributed by atoms with Crippen LogP contribution in [0.5, 0.6) is 5.75 Å². The van der Waals surface area contributed by atoms with Gasteiger partial charge in [-0.2, -0.15) is 0 Å². The number of phenols is 1. The first-order valence-corrected chi connectivity index (χ1v) is 39.3. The van der Waals surface area contributed by atoms with E-state index in [0.717, 1.165) is 37.8 Å². The van der Waals surface area contributed by atoms with E-state index in [4.69, 9.17) is 55.3 Å². The Hall–Kier alpha value is -11.1. The van der Waals surface area contributed by atoms with Crippen LogP contribution in [0.1, 0.15) is 164 Å². The molecule has 0 spiro atoms. The van der Waals surface area contributed by atoms with E-state index >= 15 is 33.6 Å². The molecule has 2 fully saturated rings. The van der Waals surface area contributed by atoms with E-state index in [-0.39, 0.29) is 93.7 Å². The zero-order valence-electron chi connectivity index (χ0n) is 69.4. The van der Waals surface area contributed by atoms with E-state index < -0.39 is 259 Å². The van der Waals surface area contributed by atoms with Crippen molar-refractivity contribution >= 4 is 106 Å². The number of amides is 15. The van der Waals surface area contributed by atoms with Crippen LogP contribution in [0, 0.1) is 35.5 Å². The van der Waals surface area contributed by atoms with Gasteiger partial charge in [-0.1, -0.05) is 67.5 Å².